The third-order valence-corrected chi connectivity index (χ3v) is 3.58. The summed E-state index contributed by atoms with van der Waals surface area (Å²) in [5.74, 6) is 0. The molecule has 0 aliphatic carbocycles. The maximum absolute atomic E-state index is 5.07. The van der Waals surface area contributed by atoms with E-state index in [9.17, 15) is 0 Å². The molecule has 2 rings (SSSR count). The molecule has 1 unspecified atom stereocenters. The SMILES string of the molecule is COCc1nc(CN2CCNC(C)C2)cs1.Cl.Cl. The second-order valence-corrected chi connectivity index (χ2v) is 5.20. The van der Waals surface area contributed by atoms with Crippen molar-refractivity contribution in [1.29, 1.82) is 0 Å². The van der Waals surface area contributed by atoms with Gasteiger partial charge in [0.25, 0.3) is 0 Å². The quantitative estimate of drug-likeness (QED) is 0.921. The number of hydrogen-bond donors (Lipinski definition) is 1. The third-order valence-electron chi connectivity index (χ3n) is 2.71. The van der Waals surface area contributed by atoms with Crippen molar-refractivity contribution in [1.82, 2.24) is 15.2 Å². The first-order valence-electron chi connectivity index (χ1n) is 5.66. The molecule has 1 atom stereocenters. The zero-order chi connectivity index (χ0) is 11.4. The molecule has 4 nitrogen and oxygen atoms in total. The Morgan fingerprint density at radius 2 is 2.33 bits per heavy atom. The molecule has 1 aliphatic rings. The van der Waals surface area contributed by atoms with Crippen molar-refractivity contribution in [3.05, 3.63) is 16.1 Å². The lowest BCUT2D eigenvalue weighted by molar-refractivity contribution is 0.182. The second kappa shape index (κ2) is 9.07. The van der Waals surface area contributed by atoms with Gasteiger partial charge in [0.05, 0.1) is 12.3 Å². The third kappa shape index (κ3) is 5.38. The molecule has 1 aliphatic heterocycles. The van der Waals surface area contributed by atoms with Gasteiger partial charge in [0.15, 0.2) is 0 Å². The second-order valence-electron chi connectivity index (χ2n) is 4.26. The zero-order valence-corrected chi connectivity index (χ0v) is 13.2. The van der Waals surface area contributed by atoms with E-state index in [0.717, 1.165) is 31.2 Å². The number of nitrogens with zero attached hydrogens (tertiary/aromatic N) is 2. The molecule has 7 heteroatoms. The van der Waals surface area contributed by atoms with Crippen molar-refractivity contribution >= 4 is 36.2 Å². The number of nitrogens with one attached hydrogen (secondary N) is 1. The minimum Gasteiger partial charge on any atom is -0.378 e. The van der Waals surface area contributed by atoms with Crippen LogP contribution < -0.4 is 5.32 Å². The molecule has 106 valence electrons. The average Bonchev–Trinajstić information content (AvgIpc) is 2.66. The first-order valence-corrected chi connectivity index (χ1v) is 6.54. The number of hydrogen-bond acceptors (Lipinski definition) is 5. The van der Waals surface area contributed by atoms with Crippen LogP contribution >= 0.6 is 36.2 Å². The van der Waals surface area contributed by atoms with Crippen LogP contribution in [0, 0.1) is 0 Å². The van der Waals surface area contributed by atoms with Gasteiger partial charge in [-0.3, -0.25) is 4.90 Å². The molecule has 2 heterocycles. The molecule has 0 amide bonds. The van der Waals surface area contributed by atoms with Crippen LogP contribution in [-0.2, 0) is 17.9 Å². The topological polar surface area (TPSA) is 37.4 Å². The zero-order valence-electron chi connectivity index (χ0n) is 10.7. The highest BCUT2D eigenvalue weighted by Crippen LogP contribution is 2.13. The molecule has 0 bridgehead atoms. The summed E-state index contributed by atoms with van der Waals surface area (Å²) < 4.78 is 5.07. The van der Waals surface area contributed by atoms with Gasteiger partial charge in [0.1, 0.15) is 5.01 Å². The molecule has 1 aromatic heterocycles. The summed E-state index contributed by atoms with van der Waals surface area (Å²) in [5, 5.41) is 6.65. The molecule has 0 aromatic carbocycles. The van der Waals surface area contributed by atoms with E-state index in [4.69, 9.17) is 4.74 Å². The Kier molecular flexibility index (Phi) is 9.11. The standard InChI is InChI=1S/C11H19N3OS.2ClH/c1-9-5-14(4-3-12-9)6-10-8-16-11(13-10)7-15-2;;/h8-9,12H,3-7H2,1-2H3;2*1H. The van der Waals surface area contributed by atoms with Crippen LogP contribution in [0.25, 0.3) is 0 Å². The van der Waals surface area contributed by atoms with E-state index in [-0.39, 0.29) is 24.8 Å². The van der Waals surface area contributed by atoms with E-state index in [2.05, 4.69) is 27.5 Å². The van der Waals surface area contributed by atoms with E-state index >= 15 is 0 Å². The van der Waals surface area contributed by atoms with E-state index in [0.29, 0.717) is 12.6 Å². The average molecular weight is 314 g/mol. The highest BCUT2D eigenvalue weighted by molar-refractivity contribution is 7.09. The molecular formula is C11H21Cl2N3OS. The van der Waals surface area contributed by atoms with Gasteiger partial charge in [-0.05, 0) is 6.92 Å². The van der Waals surface area contributed by atoms with Crippen LogP contribution in [0.15, 0.2) is 5.38 Å². The number of thiazole rings is 1. The summed E-state index contributed by atoms with van der Waals surface area (Å²) in [7, 11) is 1.71. The Morgan fingerprint density at radius 1 is 1.56 bits per heavy atom. The predicted octanol–water partition coefficient (Wildman–Crippen LogP) is 1.93. The molecule has 0 spiro atoms. The highest BCUT2D eigenvalue weighted by Gasteiger charge is 2.16. The summed E-state index contributed by atoms with van der Waals surface area (Å²) in [5.41, 5.74) is 1.17. The van der Waals surface area contributed by atoms with Gasteiger partial charge in [-0.15, -0.1) is 36.2 Å². The van der Waals surface area contributed by atoms with Gasteiger partial charge < -0.3 is 10.1 Å². The minimum atomic E-state index is 0. The number of piperazine rings is 1. The van der Waals surface area contributed by atoms with Crippen LogP contribution in [0.1, 0.15) is 17.6 Å². The first kappa shape index (κ1) is 18.1. The molecule has 1 fully saturated rings. The molecule has 1 aromatic rings. The van der Waals surface area contributed by atoms with Crippen molar-refractivity contribution in [2.45, 2.75) is 26.1 Å². The summed E-state index contributed by atoms with van der Waals surface area (Å²) in [4.78, 5) is 7.00. The first-order chi connectivity index (χ1) is 7.78. The Morgan fingerprint density at radius 3 is 3.00 bits per heavy atom. The number of aromatic nitrogens is 1. The van der Waals surface area contributed by atoms with E-state index < -0.39 is 0 Å². The molecule has 0 saturated carbocycles. The van der Waals surface area contributed by atoms with E-state index in [1.165, 1.54) is 5.69 Å². The lowest BCUT2D eigenvalue weighted by Gasteiger charge is -2.31. The van der Waals surface area contributed by atoms with Crippen LogP contribution in [0.4, 0.5) is 0 Å². The Labute approximate surface area is 125 Å². The number of methoxy groups -OCH3 is 1. The largest absolute Gasteiger partial charge is 0.378 e. The fourth-order valence-corrected chi connectivity index (χ4v) is 2.75. The smallest absolute Gasteiger partial charge is 0.119 e. The van der Waals surface area contributed by atoms with Crippen molar-refractivity contribution in [3.8, 4) is 0 Å². The molecule has 18 heavy (non-hydrogen) atoms. The van der Waals surface area contributed by atoms with Gasteiger partial charge in [-0.2, -0.15) is 0 Å². The Hall–Kier alpha value is 0.0900. The molecule has 1 N–H and O–H groups in total. The van der Waals surface area contributed by atoms with E-state index in [1.54, 1.807) is 18.4 Å². The molecule has 1 saturated heterocycles. The van der Waals surface area contributed by atoms with Crippen LogP contribution in [0.5, 0.6) is 0 Å². The van der Waals surface area contributed by atoms with Crippen LogP contribution in [0.3, 0.4) is 0 Å². The Bertz CT molecular complexity index is 338. The number of halogens is 2. The van der Waals surface area contributed by atoms with Gasteiger partial charge in [0.2, 0.25) is 0 Å². The van der Waals surface area contributed by atoms with Gasteiger partial charge >= 0.3 is 0 Å². The molecular weight excluding hydrogens is 293 g/mol. The number of rotatable bonds is 4. The van der Waals surface area contributed by atoms with Gasteiger partial charge in [-0.25, -0.2) is 4.98 Å². The summed E-state index contributed by atoms with van der Waals surface area (Å²) in [6.45, 7) is 7.12. The minimum absolute atomic E-state index is 0. The number of ether oxygens (including phenoxy) is 1. The fraction of sp³-hybridized carbons (Fsp3) is 0.727. The molecule has 0 radical (unpaired) electrons. The summed E-state index contributed by atoms with van der Waals surface area (Å²) in [6.07, 6.45) is 0. The maximum Gasteiger partial charge on any atom is 0.119 e. The lowest BCUT2D eigenvalue weighted by atomic mass is 10.2. The maximum atomic E-state index is 5.07. The van der Waals surface area contributed by atoms with E-state index in [1.807, 2.05) is 0 Å². The highest BCUT2D eigenvalue weighted by atomic mass is 35.5. The summed E-state index contributed by atoms with van der Waals surface area (Å²) >= 11 is 1.69. The van der Waals surface area contributed by atoms with Gasteiger partial charge in [0, 0.05) is 44.7 Å². The van der Waals surface area contributed by atoms with Gasteiger partial charge in [-0.1, -0.05) is 0 Å². The van der Waals surface area contributed by atoms with Crippen molar-refractivity contribution in [3.63, 3.8) is 0 Å². The van der Waals surface area contributed by atoms with Crippen molar-refractivity contribution < 1.29 is 4.74 Å². The van der Waals surface area contributed by atoms with Crippen LogP contribution in [-0.4, -0.2) is 42.7 Å². The lowest BCUT2D eigenvalue weighted by Crippen LogP contribution is -2.48. The monoisotopic (exact) mass is 313 g/mol. The van der Waals surface area contributed by atoms with Crippen LogP contribution in [0.2, 0.25) is 0 Å². The fourth-order valence-electron chi connectivity index (χ4n) is 2.00. The normalized spacial score (nSPS) is 20.0. The predicted molar refractivity (Wildman–Crippen MR) is 80.1 cm³/mol. The van der Waals surface area contributed by atoms with Crippen molar-refractivity contribution in [2.75, 3.05) is 26.7 Å². The Balaban J connectivity index is 0.00000144. The summed E-state index contributed by atoms with van der Waals surface area (Å²) in [6, 6.07) is 0.589. The van der Waals surface area contributed by atoms with Crippen molar-refractivity contribution in [2.24, 2.45) is 0 Å².